The molecule has 1 fully saturated rings. The minimum Gasteiger partial charge on any atom is -0.492 e. The standard InChI is InChI=1S/C26H29N5O2S/c1-18(20-4-3-5-22(14-20)33-13-10-31-8-11-32-12-9-31)28-26-16-24(29-19(2)30-26)21-6-7-23-25(15-21)34-17-27-23/h3-7,14-18H,8-13H2,1-2H3,(H,28,29,30). The van der Waals surface area contributed by atoms with Crippen LogP contribution in [0.15, 0.2) is 54.0 Å². The summed E-state index contributed by atoms with van der Waals surface area (Å²) in [6.07, 6.45) is 0. The zero-order valence-electron chi connectivity index (χ0n) is 19.5. The third kappa shape index (κ3) is 5.52. The van der Waals surface area contributed by atoms with Crippen molar-refractivity contribution in [1.82, 2.24) is 19.9 Å². The van der Waals surface area contributed by atoms with E-state index in [0.29, 0.717) is 6.61 Å². The average molecular weight is 476 g/mol. The molecule has 1 saturated heterocycles. The number of benzene rings is 2. The first-order valence-electron chi connectivity index (χ1n) is 11.6. The molecule has 3 heterocycles. The van der Waals surface area contributed by atoms with Gasteiger partial charge in [0.15, 0.2) is 0 Å². The molecule has 7 nitrogen and oxygen atoms in total. The van der Waals surface area contributed by atoms with Crippen LogP contribution in [0.4, 0.5) is 5.82 Å². The van der Waals surface area contributed by atoms with Crippen molar-refractivity contribution in [2.75, 3.05) is 44.8 Å². The van der Waals surface area contributed by atoms with Crippen LogP contribution in [0, 0.1) is 6.92 Å². The van der Waals surface area contributed by atoms with Crippen molar-refractivity contribution >= 4 is 27.4 Å². The highest BCUT2D eigenvalue weighted by Gasteiger charge is 2.12. The Morgan fingerprint density at radius 1 is 1.12 bits per heavy atom. The maximum absolute atomic E-state index is 6.03. The fourth-order valence-electron chi connectivity index (χ4n) is 4.10. The Balaban J connectivity index is 1.25. The number of morpholine rings is 1. The minimum atomic E-state index is 0.0638. The zero-order chi connectivity index (χ0) is 23.3. The van der Waals surface area contributed by atoms with E-state index in [2.05, 4.69) is 56.4 Å². The fraction of sp³-hybridized carbons (Fsp3) is 0.346. The molecule has 0 bridgehead atoms. The lowest BCUT2D eigenvalue weighted by atomic mass is 10.1. The van der Waals surface area contributed by atoms with Gasteiger partial charge in [0, 0.05) is 31.3 Å². The van der Waals surface area contributed by atoms with E-state index in [4.69, 9.17) is 9.47 Å². The lowest BCUT2D eigenvalue weighted by Crippen LogP contribution is -2.38. The summed E-state index contributed by atoms with van der Waals surface area (Å²) < 4.78 is 12.6. The third-order valence-corrected chi connectivity index (χ3v) is 6.76. The normalized spacial score (nSPS) is 15.4. The Labute approximate surface area is 203 Å². The summed E-state index contributed by atoms with van der Waals surface area (Å²) in [6.45, 7) is 9.21. The smallest absolute Gasteiger partial charge is 0.130 e. The number of aromatic nitrogens is 3. The SMILES string of the molecule is Cc1nc(NC(C)c2cccc(OCCN3CCOCC3)c2)cc(-c2ccc3ncsc3c2)n1. The van der Waals surface area contributed by atoms with E-state index in [9.17, 15) is 0 Å². The molecule has 0 radical (unpaired) electrons. The van der Waals surface area contributed by atoms with Gasteiger partial charge in [-0.1, -0.05) is 18.2 Å². The molecule has 176 valence electrons. The van der Waals surface area contributed by atoms with E-state index < -0.39 is 0 Å². The largest absolute Gasteiger partial charge is 0.492 e. The van der Waals surface area contributed by atoms with Gasteiger partial charge in [-0.15, -0.1) is 11.3 Å². The van der Waals surface area contributed by atoms with E-state index >= 15 is 0 Å². The molecule has 1 N–H and O–H groups in total. The van der Waals surface area contributed by atoms with Gasteiger partial charge in [-0.2, -0.15) is 0 Å². The summed E-state index contributed by atoms with van der Waals surface area (Å²) in [6, 6.07) is 16.6. The molecule has 1 aliphatic heterocycles. The van der Waals surface area contributed by atoms with E-state index in [1.807, 2.05) is 36.7 Å². The van der Waals surface area contributed by atoms with Crippen LogP contribution < -0.4 is 10.1 Å². The maximum atomic E-state index is 6.03. The summed E-state index contributed by atoms with van der Waals surface area (Å²) in [4.78, 5) is 16.0. The van der Waals surface area contributed by atoms with Crippen LogP contribution >= 0.6 is 11.3 Å². The first kappa shape index (κ1) is 22.7. The molecule has 5 rings (SSSR count). The molecule has 0 aliphatic carbocycles. The molecule has 8 heteroatoms. The van der Waals surface area contributed by atoms with Gasteiger partial charge in [0.05, 0.1) is 40.7 Å². The average Bonchev–Trinajstić information content (AvgIpc) is 3.33. The van der Waals surface area contributed by atoms with Crippen LogP contribution in [-0.4, -0.2) is 59.3 Å². The molecule has 1 unspecified atom stereocenters. The van der Waals surface area contributed by atoms with Crippen molar-refractivity contribution in [3.05, 3.63) is 65.4 Å². The number of aryl methyl sites for hydroxylation is 1. The van der Waals surface area contributed by atoms with Crippen LogP contribution in [0.25, 0.3) is 21.5 Å². The number of thiazole rings is 1. The van der Waals surface area contributed by atoms with Gasteiger partial charge in [0.25, 0.3) is 0 Å². The first-order valence-corrected chi connectivity index (χ1v) is 12.5. The fourth-order valence-corrected chi connectivity index (χ4v) is 4.82. The molecule has 0 amide bonds. The molecular weight excluding hydrogens is 446 g/mol. The van der Waals surface area contributed by atoms with Crippen molar-refractivity contribution in [3.8, 4) is 17.0 Å². The number of rotatable bonds is 8. The number of nitrogens with one attached hydrogen (secondary N) is 1. The van der Waals surface area contributed by atoms with Crippen LogP contribution in [0.1, 0.15) is 24.4 Å². The van der Waals surface area contributed by atoms with E-state index in [1.165, 1.54) is 0 Å². The summed E-state index contributed by atoms with van der Waals surface area (Å²) in [5, 5.41) is 3.54. The number of hydrogen-bond acceptors (Lipinski definition) is 8. The highest BCUT2D eigenvalue weighted by atomic mass is 32.1. The number of fused-ring (bicyclic) bond motifs is 1. The summed E-state index contributed by atoms with van der Waals surface area (Å²) >= 11 is 1.64. The minimum absolute atomic E-state index is 0.0638. The van der Waals surface area contributed by atoms with Crippen molar-refractivity contribution < 1.29 is 9.47 Å². The Kier molecular flexibility index (Phi) is 6.99. The molecule has 0 saturated carbocycles. The molecule has 1 atom stereocenters. The Hall–Kier alpha value is -3.07. The predicted molar refractivity (Wildman–Crippen MR) is 137 cm³/mol. The Morgan fingerprint density at radius 2 is 2.00 bits per heavy atom. The molecule has 1 aliphatic rings. The lowest BCUT2D eigenvalue weighted by molar-refractivity contribution is 0.0322. The lowest BCUT2D eigenvalue weighted by Gasteiger charge is -2.26. The third-order valence-electron chi connectivity index (χ3n) is 5.97. The van der Waals surface area contributed by atoms with Crippen molar-refractivity contribution in [2.45, 2.75) is 19.9 Å². The quantitative estimate of drug-likeness (QED) is 0.387. The molecule has 2 aromatic carbocycles. The zero-order valence-corrected chi connectivity index (χ0v) is 20.3. The monoisotopic (exact) mass is 475 g/mol. The highest BCUT2D eigenvalue weighted by Crippen LogP contribution is 2.28. The predicted octanol–water partition coefficient (Wildman–Crippen LogP) is 4.95. The number of ether oxygens (including phenoxy) is 2. The number of nitrogens with zero attached hydrogens (tertiary/aromatic N) is 4. The van der Waals surface area contributed by atoms with Gasteiger partial charge in [-0.25, -0.2) is 15.0 Å². The molecular formula is C26H29N5O2S. The van der Waals surface area contributed by atoms with E-state index in [-0.39, 0.29) is 6.04 Å². The summed E-state index contributed by atoms with van der Waals surface area (Å²) in [7, 11) is 0. The second kappa shape index (κ2) is 10.5. The van der Waals surface area contributed by atoms with E-state index in [1.54, 1.807) is 11.3 Å². The summed E-state index contributed by atoms with van der Waals surface area (Å²) in [5.74, 6) is 2.42. The van der Waals surface area contributed by atoms with Gasteiger partial charge in [-0.05, 0) is 43.7 Å². The van der Waals surface area contributed by atoms with Crippen LogP contribution in [0.2, 0.25) is 0 Å². The molecule has 0 spiro atoms. The van der Waals surface area contributed by atoms with Crippen molar-refractivity contribution in [1.29, 1.82) is 0 Å². The molecule has 4 aromatic rings. The van der Waals surface area contributed by atoms with Gasteiger partial charge < -0.3 is 14.8 Å². The van der Waals surface area contributed by atoms with Crippen LogP contribution in [0.5, 0.6) is 5.75 Å². The Morgan fingerprint density at radius 3 is 2.88 bits per heavy atom. The van der Waals surface area contributed by atoms with Crippen molar-refractivity contribution in [2.24, 2.45) is 0 Å². The molecule has 34 heavy (non-hydrogen) atoms. The van der Waals surface area contributed by atoms with Crippen LogP contribution in [0.3, 0.4) is 0 Å². The van der Waals surface area contributed by atoms with E-state index in [0.717, 1.165) is 77.3 Å². The van der Waals surface area contributed by atoms with Crippen LogP contribution in [-0.2, 0) is 4.74 Å². The topological polar surface area (TPSA) is 72.4 Å². The summed E-state index contributed by atoms with van der Waals surface area (Å²) in [5.41, 5.74) is 5.99. The Bertz CT molecular complexity index is 1250. The van der Waals surface area contributed by atoms with Gasteiger partial charge >= 0.3 is 0 Å². The number of anilines is 1. The number of hydrogen-bond donors (Lipinski definition) is 1. The maximum Gasteiger partial charge on any atom is 0.130 e. The molecule has 2 aromatic heterocycles. The van der Waals surface area contributed by atoms with Gasteiger partial charge in [0.1, 0.15) is 24.0 Å². The van der Waals surface area contributed by atoms with Gasteiger partial charge in [0.2, 0.25) is 0 Å². The van der Waals surface area contributed by atoms with Crippen molar-refractivity contribution in [3.63, 3.8) is 0 Å². The van der Waals surface area contributed by atoms with Gasteiger partial charge in [-0.3, -0.25) is 4.90 Å². The first-order chi connectivity index (χ1) is 16.6. The second-order valence-electron chi connectivity index (χ2n) is 8.46. The highest BCUT2D eigenvalue weighted by molar-refractivity contribution is 7.16. The second-order valence-corrected chi connectivity index (χ2v) is 9.35.